The fourth-order valence-corrected chi connectivity index (χ4v) is 4.16. The number of hydrogen-bond acceptors (Lipinski definition) is 5. The first-order valence-electron chi connectivity index (χ1n) is 10.6. The minimum absolute atomic E-state index is 0.124. The van der Waals surface area contributed by atoms with Crippen molar-refractivity contribution < 1.29 is 22.7 Å². The molecule has 33 heavy (non-hydrogen) atoms. The lowest BCUT2D eigenvalue weighted by Gasteiger charge is -2.18. The van der Waals surface area contributed by atoms with Crippen molar-refractivity contribution in [2.75, 3.05) is 31.5 Å². The summed E-state index contributed by atoms with van der Waals surface area (Å²) in [6.45, 7) is 5.14. The number of carbonyl (C=O) groups excluding carboxylic acids is 1. The van der Waals surface area contributed by atoms with E-state index in [9.17, 15) is 13.2 Å². The molecule has 0 unspecified atom stereocenters. The summed E-state index contributed by atoms with van der Waals surface area (Å²) in [4.78, 5) is 14.4. The molecule has 1 amide bonds. The molecule has 3 rings (SSSR count). The summed E-state index contributed by atoms with van der Waals surface area (Å²) in [6.07, 6.45) is 0. The Balaban J connectivity index is 1.56. The number of anilines is 1. The maximum absolute atomic E-state index is 12.7. The average molecular weight is 469 g/mol. The molecular weight excluding hydrogens is 440 g/mol. The van der Waals surface area contributed by atoms with Crippen molar-refractivity contribution >= 4 is 21.6 Å². The van der Waals surface area contributed by atoms with Crippen LogP contribution in [0.1, 0.15) is 22.8 Å². The second kappa shape index (κ2) is 10.9. The topological polar surface area (TPSA) is 84.9 Å². The summed E-state index contributed by atoms with van der Waals surface area (Å²) in [5.41, 5.74) is 1.93. The molecule has 0 saturated carbocycles. The smallest absolute Gasteiger partial charge is 0.261 e. The van der Waals surface area contributed by atoms with Crippen molar-refractivity contribution in [3.63, 3.8) is 0 Å². The predicted octanol–water partition coefficient (Wildman–Crippen LogP) is 4.35. The van der Waals surface area contributed by atoms with E-state index in [-0.39, 0.29) is 10.8 Å². The Hall–Kier alpha value is -3.52. The number of benzene rings is 3. The number of sulfonamides is 1. The molecule has 3 aromatic carbocycles. The van der Waals surface area contributed by atoms with Gasteiger partial charge in [0.05, 0.1) is 18.0 Å². The quantitative estimate of drug-likeness (QED) is 0.478. The Morgan fingerprint density at radius 1 is 0.939 bits per heavy atom. The molecule has 1 N–H and O–H groups in total. The largest absolute Gasteiger partial charge is 0.494 e. The SMILES string of the molecule is CCOc1ccc(S(=O)(=O)Nc2ccc(C(=O)N(C)CCOc3cccc(C)c3)cc2)cc1. The lowest BCUT2D eigenvalue weighted by molar-refractivity contribution is 0.0774. The molecule has 7 nitrogen and oxygen atoms in total. The minimum atomic E-state index is -3.75. The molecule has 0 heterocycles. The number of rotatable bonds is 10. The number of hydrogen-bond donors (Lipinski definition) is 1. The molecule has 0 aliphatic heterocycles. The second-order valence-corrected chi connectivity index (χ2v) is 9.16. The average Bonchev–Trinajstić information content (AvgIpc) is 2.79. The zero-order valence-electron chi connectivity index (χ0n) is 18.9. The monoisotopic (exact) mass is 468 g/mol. The van der Waals surface area contributed by atoms with Gasteiger partial charge in [0.25, 0.3) is 15.9 Å². The van der Waals surface area contributed by atoms with E-state index in [2.05, 4.69) is 4.72 Å². The van der Waals surface area contributed by atoms with Crippen molar-refractivity contribution in [2.45, 2.75) is 18.7 Å². The van der Waals surface area contributed by atoms with E-state index in [4.69, 9.17) is 9.47 Å². The highest BCUT2D eigenvalue weighted by Gasteiger charge is 2.16. The van der Waals surface area contributed by atoms with Gasteiger partial charge in [0, 0.05) is 18.3 Å². The van der Waals surface area contributed by atoms with Crippen LogP contribution in [0.15, 0.2) is 77.7 Å². The van der Waals surface area contributed by atoms with Crippen LogP contribution >= 0.6 is 0 Å². The molecule has 0 aromatic heterocycles. The highest BCUT2D eigenvalue weighted by atomic mass is 32.2. The van der Waals surface area contributed by atoms with Gasteiger partial charge in [-0.05, 0) is 80.1 Å². The van der Waals surface area contributed by atoms with Crippen molar-refractivity contribution in [3.8, 4) is 11.5 Å². The van der Waals surface area contributed by atoms with E-state index in [1.54, 1.807) is 48.3 Å². The summed E-state index contributed by atoms with van der Waals surface area (Å²) in [5.74, 6) is 1.19. The van der Waals surface area contributed by atoms with Gasteiger partial charge in [-0.3, -0.25) is 9.52 Å². The molecule has 0 aliphatic carbocycles. The number of carbonyl (C=O) groups is 1. The molecule has 0 atom stereocenters. The van der Waals surface area contributed by atoms with Crippen molar-refractivity contribution in [2.24, 2.45) is 0 Å². The first-order chi connectivity index (χ1) is 15.8. The number of likely N-dealkylation sites (N-methyl/N-ethyl adjacent to an activating group) is 1. The number of nitrogens with one attached hydrogen (secondary N) is 1. The zero-order valence-corrected chi connectivity index (χ0v) is 19.8. The highest BCUT2D eigenvalue weighted by molar-refractivity contribution is 7.92. The maximum atomic E-state index is 12.7. The first kappa shape index (κ1) is 24.1. The van der Waals surface area contributed by atoms with Gasteiger partial charge in [-0.15, -0.1) is 0 Å². The Morgan fingerprint density at radius 2 is 1.64 bits per heavy atom. The van der Waals surface area contributed by atoms with Crippen LogP contribution in [0.3, 0.4) is 0 Å². The van der Waals surface area contributed by atoms with E-state index in [0.717, 1.165) is 11.3 Å². The van der Waals surface area contributed by atoms with E-state index < -0.39 is 10.0 Å². The van der Waals surface area contributed by atoms with Gasteiger partial charge in [0.1, 0.15) is 18.1 Å². The number of ether oxygens (including phenoxy) is 2. The fourth-order valence-electron chi connectivity index (χ4n) is 3.10. The molecule has 0 bridgehead atoms. The van der Waals surface area contributed by atoms with Crippen LogP contribution in [0, 0.1) is 6.92 Å². The van der Waals surface area contributed by atoms with Gasteiger partial charge in [-0.25, -0.2) is 8.42 Å². The summed E-state index contributed by atoms with van der Waals surface area (Å²) in [5, 5.41) is 0. The first-order valence-corrected chi connectivity index (χ1v) is 12.1. The number of amides is 1. The minimum Gasteiger partial charge on any atom is -0.494 e. The van der Waals surface area contributed by atoms with Gasteiger partial charge in [-0.1, -0.05) is 12.1 Å². The fraction of sp³-hybridized carbons (Fsp3) is 0.240. The Kier molecular flexibility index (Phi) is 7.95. The van der Waals surface area contributed by atoms with Gasteiger partial charge in [-0.2, -0.15) is 0 Å². The summed E-state index contributed by atoms with van der Waals surface area (Å²) in [7, 11) is -2.05. The molecule has 174 valence electrons. The van der Waals surface area contributed by atoms with E-state index >= 15 is 0 Å². The summed E-state index contributed by atoms with van der Waals surface area (Å²) < 4.78 is 38.8. The van der Waals surface area contributed by atoms with Gasteiger partial charge in [0.15, 0.2) is 0 Å². The molecule has 0 fully saturated rings. The normalized spacial score (nSPS) is 11.0. The van der Waals surface area contributed by atoms with Crippen molar-refractivity contribution in [1.82, 2.24) is 4.90 Å². The van der Waals surface area contributed by atoms with E-state index in [1.165, 1.54) is 12.1 Å². The lowest BCUT2D eigenvalue weighted by Crippen LogP contribution is -2.30. The third kappa shape index (κ3) is 6.73. The predicted molar refractivity (Wildman–Crippen MR) is 128 cm³/mol. The van der Waals surface area contributed by atoms with Crippen molar-refractivity contribution in [3.05, 3.63) is 83.9 Å². The van der Waals surface area contributed by atoms with Crippen LogP contribution in [0.5, 0.6) is 11.5 Å². The molecule has 0 aliphatic rings. The summed E-state index contributed by atoms with van der Waals surface area (Å²) >= 11 is 0. The zero-order chi connectivity index (χ0) is 23.8. The molecule has 0 saturated heterocycles. The second-order valence-electron chi connectivity index (χ2n) is 7.48. The highest BCUT2D eigenvalue weighted by Crippen LogP contribution is 2.20. The number of nitrogens with zero attached hydrogens (tertiary/aromatic N) is 1. The van der Waals surface area contributed by atoms with Crippen LogP contribution < -0.4 is 14.2 Å². The maximum Gasteiger partial charge on any atom is 0.261 e. The molecule has 3 aromatic rings. The van der Waals surface area contributed by atoms with Gasteiger partial charge in [0.2, 0.25) is 0 Å². The van der Waals surface area contributed by atoms with Crippen molar-refractivity contribution in [1.29, 1.82) is 0 Å². The molecule has 0 spiro atoms. The van der Waals surface area contributed by atoms with E-state index in [1.807, 2.05) is 38.1 Å². The van der Waals surface area contributed by atoms with Crippen LogP contribution in [0.2, 0.25) is 0 Å². The summed E-state index contributed by atoms with van der Waals surface area (Å²) in [6, 6.07) is 20.2. The Labute approximate surface area is 195 Å². The van der Waals surface area contributed by atoms with Crippen LogP contribution in [0.25, 0.3) is 0 Å². The van der Waals surface area contributed by atoms with E-state index in [0.29, 0.717) is 36.8 Å². The van der Waals surface area contributed by atoms with Gasteiger partial charge >= 0.3 is 0 Å². The number of aryl methyl sites for hydroxylation is 1. The van der Waals surface area contributed by atoms with Crippen LogP contribution in [-0.2, 0) is 10.0 Å². The molecule has 0 radical (unpaired) electrons. The molecule has 8 heteroatoms. The molecular formula is C25H28N2O5S. The Morgan fingerprint density at radius 3 is 2.27 bits per heavy atom. The third-order valence-corrected chi connectivity index (χ3v) is 6.26. The lowest BCUT2D eigenvalue weighted by atomic mass is 10.2. The third-order valence-electron chi connectivity index (χ3n) is 4.86. The van der Waals surface area contributed by atoms with Crippen LogP contribution in [0.4, 0.5) is 5.69 Å². The Bertz CT molecular complexity index is 1180. The van der Waals surface area contributed by atoms with Gasteiger partial charge < -0.3 is 14.4 Å². The standard InChI is InChI=1S/C25H28N2O5S/c1-4-31-22-12-14-24(15-13-22)33(29,30)26-21-10-8-20(9-11-21)25(28)27(3)16-17-32-23-7-5-6-19(2)18-23/h5-15,18,26H,4,16-17H2,1-3H3. The van der Waals surface area contributed by atoms with Crippen LogP contribution in [-0.4, -0.2) is 46.0 Å².